The highest BCUT2D eigenvalue weighted by atomic mass is 32.1. The first-order valence-corrected chi connectivity index (χ1v) is 5.30. The highest BCUT2D eigenvalue weighted by Gasteiger charge is 2.05. The standard InChI is InChI=1S/C8H16O2S2/c1-2-3-7(12)6-10-8(9)4-5-11/h7,11-12H,2-6H2,1H3. The van der Waals surface area contributed by atoms with Gasteiger partial charge in [-0.25, -0.2) is 0 Å². The van der Waals surface area contributed by atoms with Crippen molar-refractivity contribution >= 4 is 31.2 Å². The van der Waals surface area contributed by atoms with E-state index in [-0.39, 0.29) is 11.2 Å². The van der Waals surface area contributed by atoms with E-state index in [2.05, 4.69) is 32.2 Å². The number of carbonyl (C=O) groups is 1. The first kappa shape index (κ1) is 12.2. The summed E-state index contributed by atoms with van der Waals surface area (Å²) >= 11 is 8.18. The lowest BCUT2D eigenvalue weighted by molar-refractivity contribution is -0.143. The van der Waals surface area contributed by atoms with E-state index < -0.39 is 0 Å². The molecule has 0 heterocycles. The van der Waals surface area contributed by atoms with Crippen LogP contribution >= 0.6 is 25.3 Å². The van der Waals surface area contributed by atoms with Crippen molar-refractivity contribution in [3.05, 3.63) is 0 Å². The minimum Gasteiger partial charge on any atom is -0.464 e. The van der Waals surface area contributed by atoms with E-state index in [0.29, 0.717) is 18.8 Å². The second-order valence-electron chi connectivity index (χ2n) is 2.60. The normalized spacial score (nSPS) is 12.6. The fourth-order valence-corrected chi connectivity index (χ4v) is 1.28. The van der Waals surface area contributed by atoms with Gasteiger partial charge in [0.1, 0.15) is 6.61 Å². The lowest BCUT2D eigenvalue weighted by atomic mass is 10.2. The van der Waals surface area contributed by atoms with Crippen LogP contribution in [0.1, 0.15) is 26.2 Å². The largest absolute Gasteiger partial charge is 0.464 e. The van der Waals surface area contributed by atoms with Crippen LogP contribution < -0.4 is 0 Å². The van der Waals surface area contributed by atoms with Gasteiger partial charge >= 0.3 is 5.97 Å². The van der Waals surface area contributed by atoms with Crippen LogP contribution in [0.4, 0.5) is 0 Å². The summed E-state index contributed by atoms with van der Waals surface area (Å²) < 4.78 is 4.93. The Balaban J connectivity index is 3.33. The average Bonchev–Trinajstić information content (AvgIpc) is 2.02. The molecule has 2 nitrogen and oxygen atoms in total. The summed E-state index contributed by atoms with van der Waals surface area (Å²) in [5, 5.41) is 0.180. The molecule has 0 aliphatic heterocycles. The van der Waals surface area contributed by atoms with Crippen molar-refractivity contribution in [2.45, 2.75) is 31.4 Å². The number of esters is 1. The van der Waals surface area contributed by atoms with E-state index in [1.807, 2.05) is 0 Å². The number of thiol groups is 2. The minimum absolute atomic E-state index is 0.180. The average molecular weight is 208 g/mol. The molecular formula is C8H16O2S2. The predicted molar refractivity (Wildman–Crippen MR) is 57.1 cm³/mol. The van der Waals surface area contributed by atoms with Gasteiger partial charge < -0.3 is 4.74 Å². The summed E-state index contributed by atoms with van der Waals surface area (Å²) in [4.78, 5) is 10.8. The zero-order valence-corrected chi connectivity index (χ0v) is 9.11. The van der Waals surface area contributed by atoms with E-state index in [4.69, 9.17) is 4.74 Å². The van der Waals surface area contributed by atoms with Crippen LogP contribution in [0.5, 0.6) is 0 Å². The maximum atomic E-state index is 10.8. The molecular weight excluding hydrogens is 192 g/mol. The second kappa shape index (κ2) is 7.80. The number of carbonyl (C=O) groups excluding carboxylic acids is 1. The monoisotopic (exact) mass is 208 g/mol. The molecule has 12 heavy (non-hydrogen) atoms. The minimum atomic E-state index is -0.180. The summed E-state index contributed by atoms with van der Waals surface area (Å²) in [6.45, 7) is 2.50. The lowest BCUT2D eigenvalue weighted by Gasteiger charge is -2.09. The van der Waals surface area contributed by atoms with E-state index in [1.165, 1.54) is 0 Å². The Hall–Kier alpha value is 0.170. The van der Waals surface area contributed by atoms with Crippen molar-refractivity contribution in [3.8, 4) is 0 Å². The molecule has 0 aliphatic carbocycles. The van der Waals surface area contributed by atoms with Crippen molar-refractivity contribution < 1.29 is 9.53 Å². The zero-order chi connectivity index (χ0) is 9.40. The second-order valence-corrected chi connectivity index (χ2v) is 3.78. The fraction of sp³-hybridized carbons (Fsp3) is 0.875. The highest BCUT2D eigenvalue weighted by Crippen LogP contribution is 2.05. The van der Waals surface area contributed by atoms with E-state index in [0.717, 1.165) is 12.8 Å². The van der Waals surface area contributed by atoms with Gasteiger partial charge in [0.15, 0.2) is 0 Å². The van der Waals surface area contributed by atoms with Gasteiger partial charge in [0.05, 0.1) is 6.42 Å². The molecule has 0 bridgehead atoms. The smallest absolute Gasteiger partial charge is 0.306 e. The van der Waals surface area contributed by atoms with Gasteiger partial charge in [0.2, 0.25) is 0 Å². The van der Waals surface area contributed by atoms with Crippen molar-refractivity contribution in [2.24, 2.45) is 0 Å². The molecule has 0 aliphatic rings. The third-order valence-electron chi connectivity index (χ3n) is 1.37. The molecule has 72 valence electrons. The maximum Gasteiger partial charge on any atom is 0.306 e. The van der Waals surface area contributed by atoms with Crippen LogP contribution in [0.2, 0.25) is 0 Å². The van der Waals surface area contributed by atoms with Crippen molar-refractivity contribution in [1.82, 2.24) is 0 Å². The van der Waals surface area contributed by atoms with Gasteiger partial charge in [-0.1, -0.05) is 13.3 Å². The van der Waals surface area contributed by atoms with Gasteiger partial charge in [0, 0.05) is 11.0 Å². The number of hydrogen-bond donors (Lipinski definition) is 2. The maximum absolute atomic E-state index is 10.8. The third-order valence-corrected chi connectivity index (χ3v) is 2.01. The quantitative estimate of drug-likeness (QED) is 0.515. The van der Waals surface area contributed by atoms with Gasteiger partial charge in [0.25, 0.3) is 0 Å². The van der Waals surface area contributed by atoms with Crippen LogP contribution in [0.25, 0.3) is 0 Å². The van der Waals surface area contributed by atoms with Crippen LogP contribution in [-0.4, -0.2) is 23.6 Å². The molecule has 0 radical (unpaired) electrons. The van der Waals surface area contributed by atoms with Crippen molar-refractivity contribution in [3.63, 3.8) is 0 Å². The first-order chi connectivity index (χ1) is 5.70. The van der Waals surface area contributed by atoms with E-state index >= 15 is 0 Å². The first-order valence-electron chi connectivity index (χ1n) is 4.15. The summed E-state index contributed by atoms with van der Waals surface area (Å²) in [6.07, 6.45) is 2.44. The molecule has 0 amide bonds. The van der Waals surface area contributed by atoms with Crippen molar-refractivity contribution in [2.75, 3.05) is 12.4 Å². The van der Waals surface area contributed by atoms with Gasteiger partial charge in [-0.15, -0.1) is 0 Å². The predicted octanol–water partition coefficient (Wildman–Crippen LogP) is 1.95. The van der Waals surface area contributed by atoms with Crippen molar-refractivity contribution in [1.29, 1.82) is 0 Å². The summed E-state index contributed by atoms with van der Waals surface area (Å²) in [5.74, 6) is 0.365. The Bertz CT molecular complexity index is 128. The molecule has 0 saturated carbocycles. The van der Waals surface area contributed by atoms with Gasteiger partial charge in [-0.05, 0) is 6.42 Å². The molecule has 0 fully saturated rings. The summed E-state index contributed by atoms with van der Waals surface area (Å²) in [7, 11) is 0. The molecule has 0 aromatic heterocycles. The summed E-state index contributed by atoms with van der Waals surface area (Å²) in [5.41, 5.74) is 0. The fourth-order valence-electron chi connectivity index (χ4n) is 0.769. The van der Waals surface area contributed by atoms with Crippen LogP contribution in [0.15, 0.2) is 0 Å². The Kier molecular flexibility index (Phi) is 7.91. The molecule has 0 N–H and O–H groups in total. The van der Waals surface area contributed by atoms with Gasteiger partial charge in [-0.2, -0.15) is 25.3 Å². The molecule has 0 saturated heterocycles. The third kappa shape index (κ3) is 6.85. The molecule has 0 aromatic rings. The number of hydrogen-bond acceptors (Lipinski definition) is 4. The number of ether oxygens (including phenoxy) is 1. The van der Waals surface area contributed by atoms with Gasteiger partial charge in [-0.3, -0.25) is 4.79 Å². The molecule has 1 atom stereocenters. The molecule has 0 rings (SSSR count). The zero-order valence-electron chi connectivity index (χ0n) is 7.32. The molecule has 0 aromatic carbocycles. The highest BCUT2D eigenvalue weighted by molar-refractivity contribution is 7.81. The Morgan fingerprint density at radius 3 is 2.75 bits per heavy atom. The van der Waals surface area contributed by atoms with E-state index in [1.54, 1.807) is 0 Å². The van der Waals surface area contributed by atoms with E-state index in [9.17, 15) is 4.79 Å². The topological polar surface area (TPSA) is 26.3 Å². The van der Waals surface area contributed by atoms with Crippen LogP contribution in [0, 0.1) is 0 Å². The lowest BCUT2D eigenvalue weighted by Crippen LogP contribution is -2.14. The van der Waals surface area contributed by atoms with Crippen LogP contribution in [-0.2, 0) is 9.53 Å². The molecule has 4 heteroatoms. The Labute approximate surface area is 84.9 Å². The molecule has 0 spiro atoms. The SMILES string of the molecule is CCCC(S)COC(=O)CCS. The number of rotatable bonds is 6. The molecule has 1 unspecified atom stereocenters. The van der Waals surface area contributed by atoms with Crippen LogP contribution in [0.3, 0.4) is 0 Å². The summed E-state index contributed by atoms with van der Waals surface area (Å²) in [6, 6.07) is 0. The Morgan fingerprint density at radius 2 is 2.25 bits per heavy atom. The Morgan fingerprint density at radius 1 is 1.58 bits per heavy atom.